The molecule has 83 valence electrons. The number of carboxylic acid groups (broad SMARTS) is 3. The molecule has 0 saturated carbocycles. The molecule has 0 aliphatic rings. The van der Waals surface area contributed by atoms with E-state index in [0.717, 1.165) is 0 Å². The van der Waals surface area contributed by atoms with E-state index < -0.39 is 17.9 Å². The van der Waals surface area contributed by atoms with Crippen LogP contribution in [0, 0.1) is 24.9 Å². The van der Waals surface area contributed by atoms with Crippen molar-refractivity contribution in [3.05, 3.63) is 20.8 Å². The van der Waals surface area contributed by atoms with Gasteiger partial charge < -0.3 is 15.3 Å². The van der Waals surface area contributed by atoms with Gasteiger partial charge in [0, 0.05) is 0 Å². The van der Waals surface area contributed by atoms with Crippen molar-refractivity contribution in [2.75, 3.05) is 0 Å². The standard InChI is InChI=1S/3C2H3O2.Cr.N/c3*1-2(3)4;;/h3*1H2,(H,3,4);;/q3*-1;;. The summed E-state index contributed by atoms with van der Waals surface area (Å²) < 4.78 is 6.88. The van der Waals surface area contributed by atoms with Gasteiger partial charge in [-0.25, -0.2) is 0 Å². The van der Waals surface area contributed by atoms with Gasteiger partial charge in [0.25, 0.3) is 0 Å². The van der Waals surface area contributed by atoms with Gasteiger partial charge in [-0.3, -0.25) is 35.2 Å². The molecule has 0 fully saturated rings. The molecule has 0 aliphatic heterocycles. The number of nitrogens with zero attached hydrogens (tertiary/aromatic N) is 1. The fourth-order valence-electron chi connectivity index (χ4n) is 0. The van der Waals surface area contributed by atoms with E-state index >= 15 is 0 Å². The SMILES string of the molecule is [CH2-]C(=O)O.[CH2-]C(=O)O.[CH2-]C(=O)O.[N]#[Cr]. The molecule has 0 rings (SSSR count). The van der Waals surface area contributed by atoms with E-state index in [1.165, 1.54) is 0 Å². The molecule has 0 aliphatic carbocycles. The van der Waals surface area contributed by atoms with Gasteiger partial charge in [0.05, 0.1) is 0 Å². The first-order valence-electron chi connectivity index (χ1n) is 2.53. The second kappa shape index (κ2) is 22.5. The molecule has 0 saturated heterocycles. The number of rotatable bonds is 0. The molecule has 0 bridgehead atoms. The Morgan fingerprint density at radius 2 is 0.786 bits per heavy atom. The van der Waals surface area contributed by atoms with Crippen molar-refractivity contribution >= 4 is 17.9 Å². The Hall–Kier alpha value is -1.74. The zero-order valence-corrected chi connectivity index (χ0v) is 8.32. The van der Waals surface area contributed by atoms with Gasteiger partial charge in [-0.2, -0.15) is 0 Å². The van der Waals surface area contributed by atoms with Crippen LogP contribution in [0.4, 0.5) is 0 Å². The fraction of sp³-hybridized carbons (Fsp3) is 0. The molecule has 7 nitrogen and oxygen atoms in total. The Bertz CT molecular complexity index is 149. The van der Waals surface area contributed by atoms with Crippen molar-refractivity contribution in [2.45, 2.75) is 0 Å². The molecule has 14 heavy (non-hydrogen) atoms. The summed E-state index contributed by atoms with van der Waals surface area (Å²) in [5.41, 5.74) is 0. The van der Waals surface area contributed by atoms with Crippen LogP contribution in [0.15, 0.2) is 0 Å². The van der Waals surface area contributed by atoms with Gasteiger partial charge in [-0.1, -0.05) is 0 Å². The molecular weight excluding hydrogens is 234 g/mol. The third-order valence-electron chi connectivity index (χ3n) is 0. The summed E-state index contributed by atoms with van der Waals surface area (Å²) in [6.07, 6.45) is 0. The molecule has 8 heteroatoms. The van der Waals surface area contributed by atoms with E-state index in [4.69, 9.17) is 33.9 Å². The van der Waals surface area contributed by atoms with Crippen LogP contribution in [0.2, 0.25) is 0 Å². The van der Waals surface area contributed by atoms with E-state index in [2.05, 4.69) is 20.8 Å². The average molecular weight is 243 g/mol. The molecule has 0 aromatic rings. The van der Waals surface area contributed by atoms with Crippen molar-refractivity contribution in [2.24, 2.45) is 0 Å². The minimum atomic E-state index is -1.08. The van der Waals surface area contributed by atoms with Gasteiger partial charge in [0.1, 0.15) is 0 Å². The molecular formula is C6H9CrNO6-3. The number of carboxylic acids is 3. The average Bonchev–Trinajstić information content (AvgIpc) is 1.86. The quantitative estimate of drug-likeness (QED) is 0.498. The molecule has 0 radical (unpaired) electrons. The predicted molar refractivity (Wildman–Crippen MR) is 40.7 cm³/mol. The first-order chi connectivity index (χ1) is 6.20. The van der Waals surface area contributed by atoms with Crippen LogP contribution in [-0.4, -0.2) is 33.2 Å². The zero-order valence-electron chi connectivity index (χ0n) is 7.04. The van der Waals surface area contributed by atoms with Crippen LogP contribution in [0.25, 0.3) is 0 Å². The normalized spacial score (nSPS) is 5.29. The summed E-state index contributed by atoms with van der Waals surface area (Å²) in [5.74, 6) is -3.25. The van der Waals surface area contributed by atoms with Crippen LogP contribution in [0.3, 0.4) is 0 Å². The first kappa shape index (κ1) is 22.8. The third kappa shape index (κ3) is 292. The Balaban J connectivity index is -0.0000000492. The summed E-state index contributed by atoms with van der Waals surface area (Å²) in [4.78, 5) is 26.7. The van der Waals surface area contributed by atoms with E-state index in [1.807, 2.05) is 0 Å². The van der Waals surface area contributed by atoms with Gasteiger partial charge in [0.15, 0.2) is 17.9 Å². The van der Waals surface area contributed by atoms with E-state index in [1.54, 1.807) is 15.9 Å². The Morgan fingerprint density at radius 1 is 0.786 bits per heavy atom. The van der Waals surface area contributed by atoms with Crippen molar-refractivity contribution < 1.29 is 45.6 Å². The van der Waals surface area contributed by atoms with Crippen LogP contribution >= 0.6 is 0 Å². The fourth-order valence-corrected chi connectivity index (χ4v) is 0. The summed E-state index contributed by atoms with van der Waals surface area (Å²) in [7, 11) is 0. The van der Waals surface area contributed by atoms with E-state index in [-0.39, 0.29) is 0 Å². The molecule has 0 aromatic heterocycles. The number of carbonyl (C=O) groups is 3. The molecule has 0 aromatic carbocycles. The topological polar surface area (TPSA) is 136 Å². The van der Waals surface area contributed by atoms with Gasteiger partial charge in [-0.05, 0) is 0 Å². The van der Waals surface area contributed by atoms with Gasteiger partial charge >= 0.3 is 20.1 Å². The van der Waals surface area contributed by atoms with E-state index in [9.17, 15) is 0 Å². The molecule has 0 spiro atoms. The van der Waals surface area contributed by atoms with Crippen LogP contribution in [-0.2, 0) is 30.3 Å². The van der Waals surface area contributed by atoms with Crippen molar-refractivity contribution in [1.82, 2.24) is 0 Å². The second-order valence-corrected chi connectivity index (χ2v) is 1.18. The third-order valence-corrected chi connectivity index (χ3v) is 0. The number of hydrogen-bond donors (Lipinski definition) is 3. The molecule has 0 amide bonds. The number of hydrogen-bond acceptors (Lipinski definition) is 4. The Labute approximate surface area is 89.0 Å². The van der Waals surface area contributed by atoms with Crippen LogP contribution in [0.1, 0.15) is 0 Å². The van der Waals surface area contributed by atoms with Crippen molar-refractivity contribution in [3.8, 4) is 0 Å². The minimum absolute atomic E-state index is 1.08. The number of aliphatic carboxylic acids is 3. The maximum atomic E-state index is 8.89. The summed E-state index contributed by atoms with van der Waals surface area (Å²) in [5, 5.41) is 21.9. The van der Waals surface area contributed by atoms with E-state index in [0.29, 0.717) is 0 Å². The van der Waals surface area contributed by atoms with Gasteiger partial charge in [0.2, 0.25) is 0 Å². The zero-order chi connectivity index (χ0) is 12.7. The molecule has 0 atom stereocenters. The van der Waals surface area contributed by atoms with Crippen LogP contribution in [0.5, 0.6) is 0 Å². The maximum absolute atomic E-state index is 8.89. The van der Waals surface area contributed by atoms with Crippen molar-refractivity contribution in [3.63, 3.8) is 0 Å². The Kier molecular flexibility index (Phi) is 36.6. The summed E-state index contributed by atoms with van der Waals surface area (Å²) in [6, 6.07) is 0. The van der Waals surface area contributed by atoms with Crippen molar-refractivity contribution in [1.29, 1.82) is 4.17 Å². The first-order valence-corrected chi connectivity index (χ1v) is 3.10. The Morgan fingerprint density at radius 3 is 0.786 bits per heavy atom. The predicted octanol–water partition coefficient (Wildman–Crippen LogP) is -0.272. The van der Waals surface area contributed by atoms with Crippen LogP contribution < -0.4 is 0 Å². The summed E-state index contributed by atoms with van der Waals surface area (Å²) in [6.45, 7) is 7.67. The summed E-state index contributed by atoms with van der Waals surface area (Å²) >= 11 is 1.62. The molecule has 0 heterocycles. The van der Waals surface area contributed by atoms with Gasteiger partial charge in [-0.15, -0.1) is 0 Å². The monoisotopic (exact) mass is 243 g/mol. The second-order valence-electron chi connectivity index (χ2n) is 1.18. The molecule has 3 N–H and O–H groups in total. The molecule has 0 unspecified atom stereocenters.